The Hall–Kier alpha value is -1.88. The Kier molecular flexibility index (Phi) is 3.34. The van der Waals surface area contributed by atoms with Crippen molar-refractivity contribution < 1.29 is 9.53 Å². The number of aryl methyl sites for hydroxylation is 2. The second kappa shape index (κ2) is 4.78. The summed E-state index contributed by atoms with van der Waals surface area (Å²) in [5, 5.41) is 4.51. The third-order valence-electron chi connectivity index (χ3n) is 2.60. The van der Waals surface area contributed by atoms with Gasteiger partial charge in [0.05, 0.1) is 11.3 Å². The first kappa shape index (κ1) is 12.6. The lowest BCUT2D eigenvalue weighted by molar-refractivity contribution is 0.0731. The maximum atomic E-state index is 11.9. The van der Waals surface area contributed by atoms with Gasteiger partial charge in [0.25, 0.3) is 0 Å². The van der Waals surface area contributed by atoms with E-state index in [-0.39, 0.29) is 0 Å². The van der Waals surface area contributed by atoms with Crippen LogP contribution in [-0.4, -0.2) is 20.7 Å². The van der Waals surface area contributed by atoms with E-state index in [4.69, 9.17) is 16.3 Å². The highest BCUT2D eigenvalue weighted by Gasteiger charge is 2.16. The van der Waals surface area contributed by atoms with Crippen molar-refractivity contribution in [2.24, 2.45) is 7.05 Å². The summed E-state index contributed by atoms with van der Waals surface area (Å²) < 4.78 is 6.98. The maximum absolute atomic E-state index is 11.9. The molecule has 5 nitrogen and oxygen atoms in total. The van der Waals surface area contributed by atoms with Crippen molar-refractivity contribution in [2.75, 3.05) is 0 Å². The van der Waals surface area contributed by atoms with E-state index in [9.17, 15) is 4.79 Å². The Bertz CT molecular complexity index is 590. The van der Waals surface area contributed by atoms with E-state index in [2.05, 4.69) is 10.1 Å². The van der Waals surface area contributed by atoms with Crippen molar-refractivity contribution in [2.45, 2.75) is 13.8 Å². The minimum Gasteiger partial charge on any atom is -0.419 e. The second-order valence-corrected chi connectivity index (χ2v) is 4.27. The fraction of sp³-hybridized carbons (Fsp3) is 0.250. The Balaban J connectivity index is 2.24. The molecule has 0 saturated heterocycles. The Morgan fingerprint density at radius 3 is 2.61 bits per heavy atom. The molecule has 0 N–H and O–H groups in total. The van der Waals surface area contributed by atoms with Crippen LogP contribution in [0.1, 0.15) is 21.7 Å². The highest BCUT2D eigenvalue weighted by atomic mass is 35.5. The summed E-state index contributed by atoms with van der Waals surface area (Å²) in [6.45, 7) is 3.62. The van der Waals surface area contributed by atoms with Crippen molar-refractivity contribution in [1.29, 1.82) is 0 Å². The van der Waals surface area contributed by atoms with Crippen LogP contribution in [0.4, 0.5) is 0 Å². The molecule has 0 aliphatic heterocycles. The molecule has 0 aliphatic rings. The van der Waals surface area contributed by atoms with Gasteiger partial charge in [-0.1, -0.05) is 11.6 Å². The third kappa shape index (κ3) is 2.36. The predicted molar refractivity (Wildman–Crippen MR) is 66.9 cm³/mol. The molecular weight excluding hydrogens is 254 g/mol. The molecule has 2 aromatic heterocycles. The van der Waals surface area contributed by atoms with Crippen LogP contribution in [0.5, 0.6) is 5.75 Å². The Labute approximate surface area is 109 Å². The van der Waals surface area contributed by atoms with Gasteiger partial charge in [-0.25, -0.2) is 9.78 Å². The molecule has 0 atom stereocenters. The topological polar surface area (TPSA) is 57.0 Å². The average Bonchev–Trinajstić information content (AvgIpc) is 2.57. The van der Waals surface area contributed by atoms with Crippen LogP contribution in [0.25, 0.3) is 0 Å². The van der Waals surface area contributed by atoms with E-state index in [0.29, 0.717) is 22.2 Å². The van der Waals surface area contributed by atoms with Crippen LogP contribution in [0.2, 0.25) is 5.15 Å². The first-order chi connectivity index (χ1) is 8.49. The first-order valence-electron chi connectivity index (χ1n) is 5.33. The molecule has 2 rings (SSSR count). The zero-order valence-corrected chi connectivity index (χ0v) is 11.0. The molecule has 0 spiro atoms. The standard InChI is InChI=1S/C12H12ClN3O2/c1-7-11(8(2)16(3)15-7)18-12(17)9-4-5-10(13)14-6-9/h4-6H,1-3H3. The largest absolute Gasteiger partial charge is 0.419 e. The lowest BCUT2D eigenvalue weighted by Crippen LogP contribution is -2.10. The summed E-state index contributed by atoms with van der Waals surface area (Å²) in [4.78, 5) is 15.7. The number of carbonyl (C=O) groups excluding carboxylic acids is 1. The second-order valence-electron chi connectivity index (χ2n) is 3.88. The number of rotatable bonds is 2. The zero-order chi connectivity index (χ0) is 13.3. The number of hydrogen-bond acceptors (Lipinski definition) is 4. The minimum atomic E-state index is -0.474. The number of pyridine rings is 1. The number of nitrogens with zero attached hydrogens (tertiary/aromatic N) is 3. The molecular formula is C12H12ClN3O2. The first-order valence-corrected chi connectivity index (χ1v) is 5.70. The van der Waals surface area contributed by atoms with Gasteiger partial charge in [-0.15, -0.1) is 0 Å². The van der Waals surface area contributed by atoms with Crippen molar-refractivity contribution in [3.05, 3.63) is 40.4 Å². The van der Waals surface area contributed by atoms with Crippen LogP contribution < -0.4 is 4.74 Å². The quantitative estimate of drug-likeness (QED) is 0.618. The molecule has 0 unspecified atom stereocenters. The van der Waals surface area contributed by atoms with Crippen LogP contribution in [0.3, 0.4) is 0 Å². The van der Waals surface area contributed by atoms with E-state index in [1.165, 1.54) is 6.20 Å². The summed E-state index contributed by atoms with van der Waals surface area (Å²) >= 11 is 5.65. The smallest absolute Gasteiger partial charge is 0.345 e. The van der Waals surface area contributed by atoms with Crippen molar-refractivity contribution in [3.8, 4) is 5.75 Å². The fourth-order valence-electron chi connectivity index (χ4n) is 1.55. The summed E-state index contributed by atoms with van der Waals surface area (Å²) in [7, 11) is 1.80. The van der Waals surface area contributed by atoms with E-state index in [1.807, 2.05) is 6.92 Å². The highest BCUT2D eigenvalue weighted by Crippen LogP contribution is 2.22. The van der Waals surface area contributed by atoms with Crippen LogP contribution in [0, 0.1) is 13.8 Å². The number of esters is 1. The van der Waals surface area contributed by atoms with E-state index in [1.54, 1.807) is 30.8 Å². The number of halogens is 1. The lowest BCUT2D eigenvalue weighted by Gasteiger charge is -2.04. The molecule has 18 heavy (non-hydrogen) atoms. The van der Waals surface area contributed by atoms with Gasteiger partial charge >= 0.3 is 5.97 Å². The van der Waals surface area contributed by atoms with Crippen molar-refractivity contribution in [3.63, 3.8) is 0 Å². The molecule has 0 aromatic carbocycles. The number of aromatic nitrogens is 3. The monoisotopic (exact) mass is 265 g/mol. The molecule has 0 fully saturated rings. The van der Waals surface area contributed by atoms with E-state index < -0.39 is 5.97 Å². The van der Waals surface area contributed by atoms with Gasteiger partial charge in [0, 0.05) is 13.2 Å². The fourth-order valence-corrected chi connectivity index (χ4v) is 1.66. The van der Waals surface area contributed by atoms with Gasteiger partial charge in [-0.05, 0) is 26.0 Å². The summed E-state index contributed by atoms with van der Waals surface area (Å²) in [6, 6.07) is 3.11. The predicted octanol–water partition coefficient (Wildman–Crippen LogP) is 2.30. The van der Waals surface area contributed by atoms with Gasteiger partial charge in [0.2, 0.25) is 0 Å². The van der Waals surface area contributed by atoms with Crippen molar-refractivity contribution >= 4 is 17.6 Å². The van der Waals surface area contributed by atoms with Gasteiger partial charge in [0.15, 0.2) is 5.75 Å². The maximum Gasteiger partial charge on any atom is 0.345 e. The lowest BCUT2D eigenvalue weighted by atomic mass is 10.3. The number of carbonyl (C=O) groups is 1. The summed E-state index contributed by atoms with van der Waals surface area (Å²) in [6.07, 6.45) is 1.38. The Morgan fingerprint density at radius 1 is 1.39 bits per heavy atom. The third-order valence-corrected chi connectivity index (χ3v) is 2.82. The summed E-state index contributed by atoms with van der Waals surface area (Å²) in [5.41, 5.74) is 1.81. The molecule has 0 aliphatic carbocycles. The van der Waals surface area contributed by atoms with E-state index >= 15 is 0 Å². The molecule has 0 saturated carbocycles. The number of hydrogen-bond donors (Lipinski definition) is 0. The normalized spacial score (nSPS) is 10.4. The van der Waals surface area contributed by atoms with Crippen LogP contribution in [-0.2, 0) is 7.05 Å². The molecule has 0 radical (unpaired) electrons. The highest BCUT2D eigenvalue weighted by molar-refractivity contribution is 6.29. The molecule has 0 bridgehead atoms. The number of ether oxygens (including phenoxy) is 1. The summed E-state index contributed by atoms with van der Waals surface area (Å²) in [5.74, 6) is 0.0100. The van der Waals surface area contributed by atoms with Gasteiger partial charge < -0.3 is 4.74 Å². The van der Waals surface area contributed by atoms with Crippen LogP contribution >= 0.6 is 11.6 Å². The minimum absolute atomic E-state index is 0.334. The SMILES string of the molecule is Cc1nn(C)c(C)c1OC(=O)c1ccc(Cl)nc1. The molecule has 2 aromatic rings. The Morgan fingerprint density at radius 2 is 2.11 bits per heavy atom. The van der Waals surface area contributed by atoms with Gasteiger partial charge in [-0.2, -0.15) is 5.10 Å². The zero-order valence-electron chi connectivity index (χ0n) is 10.3. The van der Waals surface area contributed by atoms with Gasteiger partial charge in [0.1, 0.15) is 10.8 Å². The van der Waals surface area contributed by atoms with Crippen molar-refractivity contribution in [1.82, 2.24) is 14.8 Å². The van der Waals surface area contributed by atoms with Gasteiger partial charge in [-0.3, -0.25) is 4.68 Å². The van der Waals surface area contributed by atoms with E-state index in [0.717, 1.165) is 5.69 Å². The molecule has 0 amide bonds. The average molecular weight is 266 g/mol. The molecule has 2 heterocycles. The van der Waals surface area contributed by atoms with Crippen LogP contribution in [0.15, 0.2) is 18.3 Å². The molecule has 94 valence electrons. The molecule has 6 heteroatoms.